The zero-order valence-electron chi connectivity index (χ0n) is 15.7. The number of rotatable bonds is 7. The number of aromatic nitrogens is 4. The van der Waals surface area contributed by atoms with Gasteiger partial charge in [0.2, 0.25) is 5.91 Å². The lowest BCUT2D eigenvalue weighted by Gasteiger charge is -2.08. The molecule has 4 aromatic rings. The smallest absolute Gasteiger partial charge is 0.277 e. The maximum absolute atomic E-state index is 13.4. The topological polar surface area (TPSA) is 81.8 Å². The molecule has 0 fully saturated rings. The monoisotopic (exact) mass is 393 g/mol. The van der Waals surface area contributed by atoms with Crippen LogP contribution in [-0.2, 0) is 17.9 Å². The van der Waals surface area contributed by atoms with Crippen molar-refractivity contribution in [2.75, 3.05) is 6.54 Å². The third-order valence-electron chi connectivity index (χ3n) is 4.81. The number of benzene rings is 2. The molecule has 2 aromatic carbocycles. The number of nitrogens with zero attached hydrogens (tertiary/aromatic N) is 4. The number of hydrogen-bond donors (Lipinski definition) is 1. The molecule has 29 heavy (non-hydrogen) atoms. The first-order chi connectivity index (χ1) is 14.1. The van der Waals surface area contributed by atoms with E-state index < -0.39 is 0 Å². The van der Waals surface area contributed by atoms with E-state index in [9.17, 15) is 14.0 Å². The van der Waals surface area contributed by atoms with Gasteiger partial charge in [-0.3, -0.25) is 9.59 Å². The molecule has 2 heterocycles. The highest BCUT2D eigenvalue weighted by molar-refractivity contribution is 5.80. The molecular formula is C21H20FN5O2. The van der Waals surface area contributed by atoms with E-state index in [1.165, 1.54) is 16.8 Å². The Balaban J connectivity index is 1.27. The molecule has 4 rings (SSSR count). The van der Waals surface area contributed by atoms with Crippen LogP contribution in [0.3, 0.4) is 0 Å². The summed E-state index contributed by atoms with van der Waals surface area (Å²) in [5.41, 5.74) is 1.15. The minimum absolute atomic E-state index is 0.102. The fourth-order valence-electron chi connectivity index (χ4n) is 3.32. The molecule has 8 heteroatoms. The van der Waals surface area contributed by atoms with Crippen molar-refractivity contribution in [1.29, 1.82) is 0 Å². The molecule has 0 aliphatic heterocycles. The number of hydrogen-bond acceptors (Lipinski definition) is 4. The van der Waals surface area contributed by atoms with E-state index in [2.05, 4.69) is 15.6 Å². The van der Waals surface area contributed by atoms with Crippen LogP contribution in [0.15, 0.2) is 59.5 Å². The van der Waals surface area contributed by atoms with Crippen LogP contribution in [0.2, 0.25) is 0 Å². The first kappa shape index (κ1) is 18.8. The van der Waals surface area contributed by atoms with Gasteiger partial charge in [-0.15, -0.1) is 5.10 Å². The average Bonchev–Trinajstić information content (AvgIpc) is 3.12. The van der Waals surface area contributed by atoms with Crippen LogP contribution in [0, 0.1) is 5.82 Å². The van der Waals surface area contributed by atoms with E-state index in [-0.39, 0.29) is 23.7 Å². The zero-order chi connectivity index (χ0) is 20.2. The van der Waals surface area contributed by atoms with Crippen molar-refractivity contribution in [2.24, 2.45) is 0 Å². The Morgan fingerprint density at radius 3 is 2.86 bits per heavy atom. The highest BCUT2D eigenvalue weighted by Crippen LogP contribution is 2.16. The summed E-state index contributed by atoms with van der Waals surface area (Å²) >= 11 is 0. The molecule has 0 bridgehead atoms. The van der Waals surface area contributed by atoms with Crippen molar-refractivity contribution in [3.63, 3.8) is 0 Å². The van der Waals surface area contributed by atoms with Gasteiger partial charge in [0, 0.05) is 32.3 Å². The first-order valence-corrected chi connectivity index (χ1v) is 9.45. The fraction of sp³-hybridized carbons (Fsp3) is 0.238. The van der Waals surface area contributed by atoms with Gasteiger partial charge < -0.3 is 9.88 Å². The molecule has 0 unspecified atom stereocenters. The van der Waals surface area contributed by atoms with Gasteiger partial charge >= 0.3 is 0 Å². The van der Waals surface area contributed by atoms with Gasteiger partial charge in [0.15, 0.2) is 0 Å². The van der Waals surface area contributed by atoms with E-state index in [1.54, 1.807) is 30.3 Å². The van der Waals surface area contributed by atoms with Crippen molar-refractivity contribution in [3.05, 3.63) is 70.9 Å². The molecule has 0 spiro atoms. The predicted octanol–water partition coefficient (Wildman–Crippen LogP) is 2.48. The molecule has 0 aliphatic carbocycles. The second kappa shape index (κ2) is 8.22. The SMILES string of the molecule is O=C(CCCn1nnc2ccccc2c1=O)NCCn1ccc2ccc(F)cc21. The largest absolute Gasteiger partial charge is 0.354 e. The van der Waals surface area contributed by atoms with Crippen LogP contribution >= 0.6 is 0 Å². The number of aryl methyl sites for hydroxylation is 1. The summed E-state index contributed by atoms with van der Waals surface area (Å²) in [6.45, 7) is 1.31. The highest BCUT2D eigenvalue weighted by atomic mass is 19.1. The van der Waals surface area contributed by atoms with E-state index in [1.807, 2.05) is 16.8 Å². The summed E-state index contributed by atoms with van der Waals surface area (Å²) in [4.78, 5) is 24.4. The molecule has 0 saturated heterocycles. The molecule has 7 nitrogen and oxygen atoms in total. The molecule has 0 radical (unpaired) electrons. The average molecular weight is 393 g/mol. The summed E-state index contributed by atoms with van der Waals surface area (Å²) < 4.78 is 16.6. The lowest BCUT2D eigenvalue weighted by atomic mass is 10.2. The number of halogens is 1. The Hall–Kier alpha value is -3.55. The van der Waals surface area contributed by atoms with Crippen molar-refractivity contribution < 1.29 is 9.18 Å². The van der Waals surface area contributed by atoms with Crippen LogP contribution in [0.5, 0.6) is 0 Å². The van der Waals surface area contributed by atoms with Crippen LogP contribution in [0.1, 0.15) is 12.8 Å². The van der Waals surface area contributed by atoms with Crippen LogP contribution in [0.25, 0.3) is 21.8 Å². The number of amides is 1. The lowest BCUT2D eigenvalue weighted by Crippen LogP contribution is -2.28. The Labute approximate surface area is 165 Å². The van der Waals surface area contributed by atoms with Crippen LogP contribution in [0.4, 0.5) is 4.39 Å². The third-order valence-corrected chi connectivity index (χ3v) is 4.81. The van der Waals surface area contributed by atoms with Gasteiger partial charge in [0.1, 0.15) is 11.3 Å². The Morgan fingerprint density at radius 1 is 1.10 bits per heavy atom. The quantitative estimate of drug-likeness (QED) is 0.523. The predicted molar refractivity (Wildman–Crippen MR) is 108 cm³/mol. The molecule has 0 atom stereocenters. The van der Waals surface area contributed by atoms with Crippen LogP contribution in [-0.4, -0.2) is 32.0 Å². The Kier molecular flexibility index (Phi) is 5.33. The van der Waals surface area contributed by atoms with Gasteiger partial charge in [0.05, 0.1) is 10.9 Å². The summed E-state index contributed by atoms with van der Waals surface area (Å²) in [5.74, 6) is -0.386. The molecule has 1 N–H and O–H groups in total. The second-order valence-corrected chi connectivity index (χ2v) is 6.80. The standard InChI is InChI=1S/C21H20FN5O2/c22-16-8-7-15-9-12-26(19(15)14-16)13-10-23-20(28)6-3-11-27-21(29)17-4-1-2-5-18(17)24-25-27/h1-2,4-5,7-9,12,14H,3,6,10-11,13H2,(H,23,28). The normalized spacial score (nSPS) is 11.2. The van der Waals surface area contributed by atoms with E-state index in [0.29, 0.717) is 37.0 Å². The molecule has 2 aromatic heterocycles. The molecule has 0 saturated carbocycles. The van der Waals surface area contributed by atoms with Gasteiger partial charge in [-0.05, 0) is 48.2 Å². The van der Waals surface area contributed by atoms with E-state index in [0.717, 1.165) is 10.9 Å². The lowest BCUT2D eigenvalue weighted by molar-refractivity contribution is -0.121. The zero-order valence-corrected chi connectivity index (χ0v) is 15.7. The van der Waals surface area contributed by atoms with Gasteiger partial charge in [-0.1, -0.05) is 17.3 Å². The molecule has 1 amide bonds. The van der Waals surface area contributed by atoms with Gasteiger partial charge in [0.25, 0.3) is 5.56 Å². The van der Waals surface area contributed by atoms with Crippen LogP contribution < -0.4 is 10.9 Å². The minimum Gasteiger partial charge on any atom is -0.354 e. The maximum atomic E-state index is 13.4. The molecule has 0 aliphatic rings. The van der Waals surface area contributed by atoms with Crippen molar-refractivity contribution in [3.8, 4) is 0 Å². The molecule has 148 valence electrons. The Morgan fingerprint density at radius 2 is 1.97 bits per heavy atom. The number of fused-ring (bicyclic) bond motifs is 2. The molecular weight excluding hydrogens is 373 g/mol. The number of nitrogens with one attached hydrogen (secondary N) is 1. The first-order valence-electron chi connectivity index (χ1n) is 9.45. The van der Waals surface area contributed by atoms with Gasteiger partial charge in [-0.25, -0.2) is 9.07 Å². The number of carbonyl (C=O) groups is 1. The summed E-state index contributed by atoms with van der Waals surface area (Å²) in [6, 6.07) is 13.6. The second-order valence-electron chi connectivity index (χ2n) is 6.80. The fourth-order valence-corrected chi connectivity index (χ4v) is 3.32. The third kappa shape index (κ3) is 4.16. The maximum Gasteiger partial charge on any atom is 0.277 e. The van der Waals surface area contributed by atoms with Crippen molar-refractivity contribution >= 4 is 27.7 Å². The highest BCUT2D eigenvalue weighted by Gasteiger charge is 2.07. The van der Waals surface area contributed by atoms with E-state index in [4.69, 9.17) is 0 Å². The van der Waals surface area contributed by atoms with Crippen molar-refractivity contribution in [1.82, 2.24) is 24.9 Å². The number of carbonyl (C=O) groups excluding carboxylic acids is 1. The van der Waals surface area contributed by atoms with Gasteiger partial charge in [-0.2, -0.15) is 0 Å². The van der Waals surface area contributed by atoms with Crippen molar-refractivity contribution in [2.45, 2.75) is 25.9 Å². The Bertz CT molecular complexity index is 1230. The minimum atomic E-state index is -0.284. The summed E-state index contributed by atoms with van der Waals surface area (Å²) in [6.07, 6.45) is 2.64. The summed E-state index contributed by atoms with van der Waals surface area (Å²) in [7, 11) is 0. The summed E-state index contributed by atoms with van der Waals surface area (Å²) in [5, 5.41) is 12.3. The van der Waals surface area contributed by atoms with E-state index >= 15 is 0 Å².